The number of hydrogen-bond donors (Lipinski definition) is 2. The number of benzene rings is 1. The van der Waals surface area contributed by atoms with Crippen molar-refractivity contribution in [3.05, 3.63) is 40.6 Å². The first-order valence-electron chi connectivity index (χ1n) is 6.41. The minimum Gasteiger partial charge on any atom is -0.360 e. The van der Waals surface area contributed by atoms with Gasteiger partial charge in [-0.05, 0) is 44.0 Å². The Morgan fingerprint density at radius 2 is 2.25 bits per heavy atom. The van der Waals surface area contributed by atoms with E-state index in [1.807, 2.05) is 32.9 Å². The van der Waals surface area contributed by atoms with Crippen LogP contribution in [0, 0.1) is 18.3 Å². The van der Waals surface area contributed by atoms with Crippen LogP contribution < -0.4 is 10.6 Å². The van der Waals surface area contributed by atoms with Gasteiger partial charge >= 0.3 is 0 Å². The maximum atomic E-state index is 11.8. The predicted molar refractivity (Wildman–Crippen MR) is 81.4 cm³/mol. The first-order chi connectivity index (χ1) is 9.47. The highest BCUT2D eigenvalue weighted by Crippen LogP contribution is 2.19. The van der Waals surface area contributed by atoms with Crippen LogP contribution in [0.3, 0.4) is 0 Å². The molecule has 0 saturated carbocycles. The molecule has 0 bridgehead atoms. The fourth-order valence-corrected chi connectivity index (χ4v) is 1.72. The van der Waals surface area contributed by atoms with Gasteiger partial charge in [-0.25, -0.2) is 0 Å². The van der Waals surface area contributed by atoms with E-state index in [0.717, 1.165) is 17.7 Å². The summed E-state index contributed by atoms with van der Waals surface area (Å²) < 4.78 is 0. The summed E-state index contributed by atoms with van der Waals surface area (Å²) in [5.74, 6) is -0.374. The average molecular weight is 292 g/mol. The van der Waals surface area contributed by atoms with Crippen molar-refractivity contribution in [1.29, 1.82) is 5.26 Å². The minimum absolute atomic E-state index is 0.0384. The number of aryl methyl sites for hydroxylation is 1. The Bertz CT molecular complexity index is 561. The molecule has 106 valence electrons. The summed E-state index contributed by atoms with van der Waals surface area (Å²) in [5.41, 5.74) is 1.78. The maximum absolute atomic E-state index is 11.8. The molecule has 1 unspecified atom stereocenters. The van der Waals surface area contributed by atoms with Gasteiger partial charge in [0.2, 0.25) is 0 Å². The molecule has 0 radical (unpaired) electrons. The van der Waals surface area contributed by atoms with E-state index in [-0.39, 0.29) is 17.5 Å². The SMILES string of the molecule is CCC(C)NC(=O)/C(C#N)=C\Nc1ccc(Cl)cc1C. The quantitative estimate of drug-likeness (QED) is 0.645. The van der Waals surface area contributed by atoms with Crippen molar-refractivity contribution in [1.82, 2.24) is 5.32 Å². The van der Waals surface area contributed by atoms with E-state index in [0.29, 0.717) is 5.02 Å². The number of rotatable bonds is 5. The van der Waals surface area contributed by atoms with Crippen LogP contribution in [-0.2, 0) is 4.79 Å². The van der Waals surface area contributed by atoms with Crippen molar-refractivity contribution in [3.63, 3.8) is 0 Å². The van der Waals surface area contributed by atoms with Gasteiger partial charge in [-0.3, -0.25) is 4.79 Å². The lowest BCUT2D eigenvalue weighted by Gasteiger charge is -2.11. The lowest BCUT2D eigenvalue weighted by Crippen LogP contribution is -2.33. The molecule has 0 fully saturated rings. The number of nitrogens with zero attached hydrogens (tertiary/aromatic N) is 1. The van der Waals surface area contributed by atoms with Crippen molar-refractivity contribution in [2.24, 2.45) is 0 Å². The number of hydrogen-bond acceptors (Lipinski definition) is 3. The first kappa shape index (κ1) is 16.1. The van der Waals surface area contributed by atoms with Crippen LogP contribution in [0.15, 0.2) is 30.0 Å². The molecule has 1 rings (SSSR count). The molecule has 5 heteroatoms. The molecule has 1 aromatic carbocycles. The maximum Gasteiger partial charge on any atom is 0.263 e. The highest BCUT2D eigenvalue weighted by Gasteiger charge is 2.11. The van der Waals surface area contributed by atoms with Crippen LogP contribution in [0.1, 0.15) is 25.8 Å². The number of nitriles is 1. The number of amides is 1. The Morgan fingerprint density at radius 1 is 1.55 bits per heavy atom. The Morgan fingerprint density at radius 3 is 2.80 bits per heavy atom. The average Bonchev–Trinajstić information content (AvgIpc) is 2.41. The third-order valence-electron chi connectivity index (χ3n) is 2.92. The van der Waals surface area contributed by atoms with Gasteiger partial charge in [-0.15, -0.1) is 0 Å². The van der Waals surface area contributed by atoms with Gasteiger partial charge in [0.05, 0.1) is 0 Å². The van der Waals surface area contributed by atoms with Crippen LogP contribution in [0.2, 0.25) is 5.02 Å². The second-order valence-corrected chi connectivity index (χ2v) is 4.99. The third-order valence-corrected chi connectivity index (χ3v) is 3.15. The molecular weight excluding hydrogens is 274 g/mol. The molecule has 0 saturated heterocycles. The van der Waals surface area contributed by atoms with E-state index >= 15 is 0 Å². The van der Waals surface area contributed by atoms with Crippen molar-refractivity contribution < 1.29 is 4.79 Å². The number of carbonyl (C=O) groups excluding carboxylic acids is 1. The van der Waals surface area contributed by atoms with Crippen LogP contribution >= 0.6 is 11.6 Å². The molecule has 0 aliphatic heterocycles. The third kappa shape index (κ3) is 4.60. The molecule has 0 aliphatic carbocycles. The molecule has 20 heavy (non-hydrogen) atoms. The van der Waals surface area contributed by atoms with Crippen LogP contribution in [0.5, 0.6) is 0 Å². The Kier molecular flexibility index (Phi) is 6.08. The van der Waals surface area contributed by atoms with Gasteiger partial charge in [0, 0.05) is 23.0 Å². The fraction of sp³-hybridized carbons (Fsp3) is 0.333. The summed E-state index contributed by atoms with van der Waals surface area (Å²) in [6.07, 6.45) is 2.22. The van der Waals surface area contributed by atoms with Gasteiger partial charge in [-0.1, -0.05) is 18.5 Å². The Hall–Kier alpha value is -1.99. The topological polar surface area (TPSA) is 64.9 Å². The zero-order valence-corrected chi connectivity index (χ0v) is 12.6. The largest absolute Gasteiger partial charge is 0.360 e. The smallest absolute Gasteiger partial charge is 0.263 e. The lowest BCUT2D eigenvalue weighted by molar-refractivity contribution is -0.117. The summed E-state index contributed by atoms with van der Waals surface area (Å²) in [5, 5.41) is 15.4. The monoisotopic (exact) mass is 291 g/mol. The number of nitrogens with one attached hydrogen (secondary N) is 2. The van der Waals surface area contributed by atoms with E-state index in [4.69, 9.17) is 16.9 Å². The van der Waals surface area contributed by atoms with E-state index < -0.39 is 0 Å². The molecule has 4 nitrogen and oxygen atoms in total. The van der Waals surface area contributed by atoms with Crippen LogP contribution in [0.25, 0.3) is 0 Å². The van der Waals surface area contributed by atoms with Crippen molar-refractivity contribution >= 4 is 23.2 Å². The minimum atomic E-state index is -0.374. The van der Waals surface area contributed by atoms with Crippen LogP contribution in [0.4, 0.5) is 5.69 Å². The zero-order chi connectivity index (χ0) is 15.1. The molecule has 0 aliphatic rings. The van der Waals surface area contributed by atoms with Gasteiger partial charge in [-0.2, -0.15) is 5.26 Å². The molecule has 2 N–H and O–H groups in total. The Labute approximate surface area is 124 Å². The normalized spacial score (nSPS) is 12.4. The molecular formula is C15H18ClN3O. The van der Waals surface area contributed by atoms with E-state index in [2.05, 4.69) is 10.6 Å². The lowest BCUT2D eigenvalue weighted by atomic mass is 10.2. The van der Waals surface area contributed by atoms with Crippen LogP contribution in [-0.4, -0.2) is 11.9 Å². The second-order valence-electron chi connectivity index (χ2n) is 4.56. The summed E-state index contributed by atoms with van der Waals surface area (Å²) in [7, 11) is 0. The van der Waals surface area contributed by atoms with Gasteiger partial charge in [0.25, 0.3) is 5.91 Å². The summed E-state index contributed by atoms with van der Waals surface area (Å²) in [6, 6.07) is 7.29. The first-order valence-corrected chi connectivity index (χ1v) is 6.79. The van der Waals surface area contributed by atoms with E-state index in [1.54, 1.807) is 12.1 Å². The molecule has 1 aromatic rings. The summed E-state index contributed by atoms with van der Waals surface area (Å²) in [6.45, 7) is 5.76. The number of anilines is 1. The second kappa shape index (κ2) is 7.56. The van der Waals surface area contributed by atoms with E-state index in [1.165, 1.54) is 6.20 Å². The summed E-state index contributed by atoms with van der Waals surface area (Å²) in [4.78, 5) is 11.8. The molecule has 0 heterocycles. The number of carbonyl (C=O) groups is 1. The highest BCUT2D eigenvalue weighted by atomic mass is 35.5. The van der Waals surface area contributed by atoms with Gasteiger partial charge < -0.3 is 10.6 Å². The Balaban J connectivity index is 2.80. The molecule has 1 amide bonds. The van der Waals surface area contributed by atoms with E-state index in [9.17, 15) is 4.79 Å². The van der Waals surface area contributed by atoms with Gasteiger partial charge in [0.15, 0.2) is 0 Å². The summed E-state index contributed by atoms with van der Waals surface area (Å²) >= 11 is 5.87. The molecule has 0 aromatic heterocycles. The van der Waals surface area contributed by atoms with Crippen molar-refractivity contribution in [2.75, 3.05) is 5.32 Å². The molecule has 1 atom stereocenters. The molecule has 0 spiro atoms. The fourth-order valence-electron chi connectivity index (χ4n) is 1.49. The predicted octanol–water partition coefficient (Wildman–Crippen LogP) is 3.38. The number of halogens is 1. The standard InChI is InChI=1S/C15H18ClN3O/c1-4-11(3)19-15(20)12(8-17)9-18-14-6-5-13(16)7-10(14)2/h5-7,9,11,18H,4H2,1-3H3,(H,19,20)/b12-9-. The van der Waals surface area contributed by atoms with Crippen molar-refractivity contribution in [2.45, 2.75) is 33.2 Å². The van der Waals surface area contributed by atoms with Gasteiger partial charge in [0.1, 0.15) is 11.6 Å². The highest BCUT2D eigenvalue weighted by molar-refractivity contribution is 6.30. The zero-order valence-electron chi connectivity index (χ0n) is 11.8. The van der Waals surface area contributed by atoms with Crippen molar-refractivity contribution in [3.8, 4) is 6.07 Å².